The molecule has 31 heavy (non-hydrogen) atoms. The van der Waals surface area contributed by atoms with Crippen LogP contribution in [0.5, 0.6) is 5.75 Å². The molecule has 0 bridgehead atoms. The van der Waals surface area contributed by atoms with Crippen molar-refractivity contribution in [3.8, 4) is 5.75 Å². The second-order valence-corrected chi connectivity index (χ2v) is 7.81. The molecule has 5 nitrogen and oxygen atoms in total. The van der Waals surface area contributed by atoms with Gasteiger partial charge in [-0.1, -0.05) is 24.6 Å². The molecular formula is C25H33ClN2O3. The first-order valence-corrected chi connectivity index (χ1v) is 10.9. The Balaban J connectivity index is 0.00000341. The van der Waals surface area contributed by atoms with Gasteiger partial charge in [0.2, 0.25) is 5.91 Å². The second kappa shape index (κ2) is 12.5. The van der Waals surface area contributed by atoms with Crippen LogP contribution < -0.4 is 15.0 Å². The molecule has 0 aliphatic carbocycles. The number of unbranched alkanes of at least 4 members (excludes halogenated alkanes) is 2. The molecule has 0 saturated carbocycles. The van der Waals surface area contributed by atoms with Gasteiger partial charge in [0, 0.05) is 31.1 Å². The molecule has 0 saturated heterocycles. The maximum atomic E-state index is 12.5. The maximum Gasteiger partial charge on any atom is 0.223 e. The lowest BCUT2D eigenvalue weighted by molar-refractivity contribution is -0.116. The van der Waals surface area contributed by atoms with Crippen molar-refractivity contribution in [3.63, 3.8) is 0 Å². The molecule has 2 aromatic carbocycles. The summed E-state index contributed by atoms with van der Waals surface area (Å²) < 4.78 is 5.38. The molecular weight excluding hydrogens is 412 g/mol. The van der Waals surface area contributed by atoms with Gasteiger partial charge in [0.1, 0.15) is 5.75 Å². The highest BCUT2D eigenvalue weighted by Crippen LogP contribution is 2.29. The molecule has 0 radical (unpaired) electrons. The number of methoxy groups -OCH3 is 1. The predicted molar refractivity (Wildman–Crippen MR) is 128 cm³/mol. The van der Waals surface area contributed by atoms with Crippen molar-refractivity contribution in [3.05, 3.63) is 59.2 Å². The van der Waals surface area contributed by atoms with E-state index in [0.29, 0.717) is 13.0 Å². The van der Waals surface area contributed by atoms with Crippen LogP contribution in [0.3, 0.4) is 0 Å². The minimum absolute atomic E-state index is 0. The smallest absolute Gasteiger partial charge is 0.223 e. The van der Waals surface area contributed by atoms with E-state index in [2.05, 4.69) is 11.4 Å². The standard InChI is InChI=1S/C25H32N2O3.ClH/c1-19(28)27-17-14-21-18-22(11-12-23(21)27)24(29)9-4-3-7-15-26-16-13-20-8-5-6-10-25(20)30-2;/h5-6,8,10-12,18,26H,3-4,7,9,13-17H2,1-2H3;1H. The number of para-hydroxylation sites is 1. The van der Waals surface area contributed by atoms with Gasteiger partial charge in [-0.05, 0) is 74.2 Å². The van der Waals surface area contributed by atoms with Gasteiger partial charge < -0.3 is 15.0 Å². The Hall–Kier alpha value is -2.37. The fourth-order valence-electron chi connectivity index (χ4n) is 4.02. The van der Waals surface area contributed by atoms with Crippen LogP contribution in [0.25, 0.3) is 0 Å². The van der Waals surface area contributed by atoms with Crippen molar-refractivity contribution < 1.29 is 14.3 Å². The minimum atomic E-state index is 0. The Kier molecular flexibility index (Phi) is 10.0. The first-order chi connectivity index (χ1) is 14.6. The Morgan fingerprint density at radius 3 is 2.65 bits per heavy atom. The molecule has 6 heteroatoms. The number of hydrogen-bond acceptors (Lipinski definition) is 4. The Morgan fingerprint density at radius 2 is 1.87 bits per heavy atom. The minimum Gasteiger partial charge on any atom is -0.496 e. The highest BCUT2D eigenvalue weighted by Gasteiger charge is 2.22. The number of rotatable bonds is 11. The monoisotopic (exact) mass is 444 g/mol. The molecule has 1 aliphatic heterocycles. The Bertz CT molecular complexity index is 885. The molecule has 2 aromatic rings. The van der Waals surface area contributed by atoms with Gasteiger partial charge in [-0.2, -0.15) is 0 Å². The number of halogens is 1. The fraction of sp³-hybridized carbons (Fsp3) is 0.440. The number of anilines is 1. The van der Waals surface area contributed by atoms with Crippen molar-refractivity contribution in [1.82, 2.24) is 5.32 Å². The van der Waals surface area contributed by atoms with Crippen LogP contribution in [0.15, 0.2) is 42.5 Å². The van der Waals surface area contributed by atoms with Crippen LogP contribution in [-0.4, -0.2) is 38.4 Å². The fourth-order valence-corrected chi connectivity index (χ4v) is 4.02. The zero-order valence-corrected chi connectivity index (χ0v) is 19.3. The highest BCUT2D eigenvalue weighted by atomic mass is 35.5. The summed E-state index contributed by atoms with van der Waals surface area (Å²) in [5, 5.41) is 3.47. The van der Waals surface area contributed by atoms with E-state index in [1.807, 2.05) is 36.4 Å². The number of hydrogen-bond donors (Lipinski definition) is 1. The molecule has 0 unspecified atom stereocenters. The van der Waals surface area contributed by atoms with Crippen LogP contribution in [0.4, 0.5) is 5.69 Å². The number of fused-ring (bicyclic) bond motifs is 1. The molecule has 1 N–H and O–H groups in total. The van der Waals surface area contributed by atoms with Gasteiger partial charge in [0.25, 0.3) is 0 Å². The van der Waals surface area contributed by atoms with E-state index in [-0.39, 0.29) is 24.1 Å². The predicted octanol–water partition coefficient (Wildman–Crippen LogP) is 4.60. The molecule has 0 fully saturated rings. The summed E-state index contributed by atoms with van der Waals surface area (Å²) in [7, 11) is 1.71. The number of nitrogens with one attached hydrogen (secondary N) is 1. The average Bonchev–Trinajstić information content (AvgIpc) is 3.19. The molecule has 1 heterocycles. The maximum absolute atomic E-state index is 12.5. The first kappa shape index (κ1) is 24.9. The topological polar surface area (TPSA) is 58.6 Å². The Labute approximate surface area is 191 Å². The quantitative estimate of drug-likeness (QED) is 0.406. The van der Waals surface area contributed by atoms with E-state index >= 15 is 0 Å². The summed E-state index contributed by atoms with van der Waals surface area (Å²) in [5.41, 5.74) is 4.06. The molecule has 1 aliphatic rings. The van der Waals surface area contributed by atoms with E-state index in [9.17, 15) is 9.59 Å². The van der Waals surface area contributed by atoms with Crippen molar-refractivity contribution in [2.45, 2.75) is 45.4 Å². The lowest BCUT2D eigenvalue weighted by Gasteiger charge is -2.14. The van der Waals surface area contributed by atoms with Gasteiger partial charge in [-0.15, -0.1) is 12.4 Å². The van der Waals surface area contributed by atoms with Crippen LogP contribution in [0, 0.1) is 0 Å². The third-order valence-corrected chi connectivity index (χ3v) is 5.70. The second-order valence-electron chi connectivity index (χ2n) is 7.81. The molecule has 0 aromatic heterocycles. The third-order valence-electron chi connectivity index (χ3n) is 5.70. The third kappa shape index (κ3) is 6.81. The average molecular weight is 445 g/mol. The normalized spacial score (nSPS) is 12.3. The number of carbonyl (C=O) groups is 2. The number of nitrogens with zero attached hydrogens (tertiary/aromatic N) is 1. The van der Waals surface area contributed by atoms with Crippen molar-refractivity contribution in [1.29, 1.82) is 0 Å². The van der Waals surface area contributed by atoms with Crippen LogP contribution >= 0.6 is 12.4 Å². The molecule has 168 valence electrons. The zero-order valence-electron chi connectivity index (χ0n) is 18.5. The van der Waals surface area contributed by atoms with Crippen LogP contribution in [-0.2, 0) is 17.6 Å². The lowest BCUT2D eigenvalue weighted by atomic mass is 10.0. The summed E-state index contributed by atoms with van der Waals surface area (Å²) in [6.45, 7) is 4.18. The van der Waals surface area contributed by atoms with E-state index < -0.39 is 0 Å². The number of ketones is 1. The number of carbonyl (C=O) groups excluding carboxylic acids is 2. The van der Waals surface area contributed by atoms with Gasteiger partial charge in [0.15, 0.2) is 5.78 Å². The molecule has 0 spiro atoms. The largest absolute Gasteiger partial charge is 0.496 e. The van der Waals surface area contributed by atoms with E-state index in [1.165, 1.54) is 5.56 Å². The van der Waals surface area contributed by atoms with Crippen molar-refractivity contribution >= 4 is 29.8 Å². The summed E-state index contributed by atoms with van der Waals surface area (Å²) in [6.07, 6.45) is 5.37. The highest BCUT2D eigenvalue weighted by molar-refractivity contribution is 5.98. The summed E-state index contributed by atoms with van der Waals surface area (Å²) in [5.74, 6) is 1.20. The van der Waals surface area contributed by atoms with Gasteiger partial charge in [0.05, 0.1) is 7.11 Å². The van der Waals surface area contributed by atoms with E-state index in [1.54, 1.807) is 18.9 Å². The molecule has 1 amide bonds. The summed E-state index contributed by atoms with van der Waals surface area (Å²) >= 11 is 0. The number of ether oxygens (including phenoxy) is 1. The summed E-state index contributed by atoms with van der Waals surface area (Å²) in [4.78, 5) is 25.9. The van der Waals surface area contributed by atoms with Crippen molar-refractivity contribution in [2.24, 2.45) is 0 Å². The number of benzene rings is 2. The van der Waals surface area contributed by atoms with Gasteiger partial charge in [-0.25, -0.2) is 0 Å². The van der Waals surface area contributed by atoms with E-state index in [4.69, 9.17) is 4.74 Å². The SMILES string of the molecule is COc1ccccc1CCNCCCCCC(=O)c1ccc2c(c1)CCN2C(C)=O.Cl. The van der Waals surface area contributed by atoms with Gasteiger partial charge >= 0.3 is 0 Å². The van der Waals surface area contributed by atoms with Crippen molar-refractivity contribution in [2.75, 3.05) is 31.6 Å². The molecule has 0 atom stereocenters. The summed E-state index contributed by atoms with van der Waals surface area (Å²) in [6, 6.07) is 13.9. The lowest BCUT2D eigenvalue weighted by Crippen LogP contribution is -2.25. The Morgan fingerprint density at radius 1 is 1.06 bits per heavy atom. The van der Waals surface area contributed by atoms with Crippen LogP contribution in [0.2, 0.25) is 0 Å². The van der Waals surface area contributed by atoms with E-state index in [0.717, 1.165) is 67.8 Å². The van der Waals surface area contributed by atoms with Crippen LogP contribution in [0.1, 0.15) is 54.1 Å². The van der Waals surface area contributed by atoms with Gasteiger partial charge in [-0.3, -0.25) is 9.59 Å². The first-order valence-electron chi connectivity index (χ1n) is 10.9. The molecule has 3 rings (SSSR count). The number of Topliss-reactive ketones (excluding diaryl/α,β-unsaturated/α-hetero) is 1. The number of amides is 1. The zero-order chi connectivity index (χ0) is 21.3.